The molecule has 0 aliphatic carbocycles. The average molecular weight is 375 g/mol. The minimum absolute atomic E-state index is 0.133. The summed E-state index contributed by atoms with van der Waals surface area (Å²) in [5.41, 5.74) is 4.96. The van der Waals surface area contributed by atoms with Gasteiger partial charge < -0.3 is 5.32 Å². The third kappa shape index (κ3) is 3.21. The third-order valence-electron chi connectivity index (χ3n) is 4.79. The monoisotopic (exact) mass is 374 g/mol. The molecule has 0 saturated heterocycles. The first-order valence-corrected chi connectivity index (χ1v) is 9.94. The van der Waals surface area contributed by atoms with Crippen LogP contribution in [0.1, 0.15) is 30.9 Å². The van der Waals surface area contributed by atoms with Gasteiger partial charge in [-0.1, -0.05) is 68.1 Å². The molecular weight excluding hydrogens is 352 g/mol. The molecule has 1 aliphatic rings. The molecular formula is C23H22N2OS. The number of nitrogens with one attached hydrogen (secondary N) is 1. The summed E-state index contributed by atoms with van der Waals surface area (Å²) in [6, 6.07) is 22.1. The second-order valence-corrected chi connectivity index (χ2v) is 8.08. The lowest BCUT2D eigenvalue weighted by atomic mass is 9.98. The van der Waals surface area contributed by atoms with E-state index in [1.165, 1.54) is 0 Å². The summed E-state index contributed by atoms with van der Waals surface area (Å²) in [7, 11) is 0. The maximum atomic E-state index is 13.4. The molecule has 3 aromatic rings. The van der Waals surface area contributed by atoms with E-state index in [9.17, 15) is 4.79 Å². The van der Waals surface area contributed by atoms with Gasteiger partial charge in [-0.2, -0.15) is 0 Å². The van der Waals surface area contributed by atoms with E-state index in [-0.39, 0.29) is 6.03 Å². The molecule has 3 nitrogen and oxygen atoms in total. The minimum atomic E-state index is -0.133. The van der Waals surface area contributed by atoms with Gasteiger partial charge in [-0.25, -0.2) is 4.79 Å². The van der Waals surface area contributed by atoms with E-state index >= 15 is 0 Å². The molecule has 4 rings (SSSR count). The Hall–Kier alpha value is -2.72. The molecule has 2 amide bonds. The molecule has 0 unspecified atom stereocenters. The number of hydrogen-bond acceptors (Lipinski definition) is 2. The van der Waals surface area contributed by atoms with Gasteiger partial charge in [0.25, 0.3) is 0 Å². The Balaban J connectivity index is 1.78. The Bertz CT molecular complexity index is 967. The normalized spacial score (nSPS) is 12.5. The lowest BCUT2D eigenvalue weighted by Gasteiger charge is -2.31. The molecule has 136 valence electrons. The Morgan fingerprint density at radius 2 is 1.48 bits per heavy atom. The summed E-state index contributed by atoms with van der Waals surface area (Å²) in [4.78, 5) is 17.4. The molecule has 1 heterocycles. The van der Waals surface area contributed by atoms with E-state index in [4.69, 9.17) is 0 Å². The van der Waals surface area contributed by atoms with E-state index in [0.717, 1.165) is 38.0 Å². The summed E-state index contributed by atoms with van der Waals surface area (Å²) in [6.07, 6.45) is 0. The first-order valence-electron chi connectivity index (χ1n) is 9.13. The van der Waals surface area contributed by atoms with Crippen molar-refractivity contribution in [2.45, 2.75) is 36.5 Å². The zero-order valence-electron chi connectivity index (χ0n) is 15.7. The molecule has 4 heteroatoms. The number of carbonyl (C=O) groups excluding carboxylic acids is 1. The fourth-order valence-electron chi connectivity index (χ4n) is 3.43. The van der Waals surface area contributed by atoms with Gasteiger partial charge in [-0.15, -0.1) is 0 Å². The number of carbonyl (C=O) groups is 1. The van der Waals surface area contributed by atoms with Crippen molar-refractivity contribution >= 4 is 34.9 Å². The molecule has 27 heavy (non-hydrogen) atoms. The summed E-state index contributed by atoms with van der Waals surface area (Å²) < 4.78 is 0. The molecule has 3 aromatic carbocycles. The third-order valence-corrected chi connectivity index (χ3v) is 5.92. The molecule has 0 fully saturated rings. The highest BCUT2D eigenvalue weighted by molar-refractivity contribution is 7.99. The zero-order chi connectivity index (χ0) is 19.0. The van der Waals surface area contributed by atoms with Gasteiger partial charge in [-0.05, 0) is 48.2 Å². The fraction of sp³-hybridized carbons (Fsp3) is 0.174. The molecule has 0 spiro atoms. The van der Waals surface area contributed by atoms with Crippen molar-refractivity contribution in [1.82, 2.24) is 0 Å². The second kappa shape index (κ2) is 7.12. The summed E-state index contributed by atoms with van der Waals surface area (Å²) in [5, 5.41) is 3.19. The smallest absolute Gasteiger partial charge is 0.307 e. The van der Waals surface area contributed by atoms with Crippen LogP contribution in [0.5, 0.6) is 0 Å². The number of rotatable bonds is 2. The highest BCUT2D eigenvalue weighted by atomic mass is 32.2. The maximum absolute atomic E-state index is 13.4. The Morgan fingerprint density at radius 1 is 0.889 bits per heavy atom. The van der Waals surface area contributed by atoms with E-state index in [2.05, 4.69) is 37.4 Å². The number of anilines is 3. The van der Waals surface area contributed by atoms with Crippen LogP contribution in [0.15, 0.2) is 76.5 Å². The molecule has 1 aliphatic heterocycles. The Labute approximate surface area is 164 Å². The van der Waals surface area contributed by atoms with Gasteiger partial charge in [0.05, 0.1) is 11.4 Å². The first kappa shape index (κ1) is 17.7. The second-order valence-electron chi connectivity index (χ2n) is 7.00. The molecule has 0 atom stereocenters. The van der Waals surface area contributed by atoms with Gasteiger partial charge in [0.15, 0.2) is 0 Å². The maximum Gasteiger partial charge on any atom is 0.331 e. The number of hydrogen-bond donors (Lipinski definition) is 1. The van der Waals surface area contributed by atoms with Crippen molar-refractivity contribution in [2.75, 3.05) is 10.2 Å². The number of amides is 2. The van der Waals surface area contributed by atoms with Crippen LogP contribution in [0, 0.1) is 6.92 Å². The van der Waals surface area contributed by atoms with Crippen molar-refractivity contribution in [3.63, 3.8) is 0 Å². The van der Waals surface area contributed by atoms with E-state index in [1.807, 2.05) is 55.5 Å². The standard InChI is InChI=1S/C23H22N2OS/c1-15(2)17-10-8-9-16(3)22(17)24-23(26)25-18-11-4-6-13-20(18)27-21-14-7-5-12-19(21)25/h4-15H,1-3H3,(H,24,26). The lowest BCUT2D eigenvalue weighted by molar-refractivity contribution is 0.258. The van der Waals surface area contributed by atoms with Crippen LogP contribution in [0.3, 0.4) is 0 Å². The van der Waals surface area contributed by atoms with E-state index in [1.54, 1.807) is 16.7 Å². The lowest BCUT2D eigenvalue weighted by Crippen LogP contribution is -2.33. The van der Waals surface area contributed by atoms with Crippen LogP contribution in [0.25, 0.3) is 0 Å². The van der Waals surface area contributed by atoms with Crippen molar-refractivity contribution in [3.8, 4) is 0 Å². The molecule has 0 bridgehead atoms. The van der Waals surface area contributed by atoms with Crippen LogP contribution >= 0.6 is 11.8 Å². The van der Waals surface area contributed by atoms with Crippen LogP contribution < -0.4 is 10.2 Å². The largest absolute Gasteiger partial charge is 0.331 e. The first-order chi connectivity index (χ1) is 13.1. The average Bonchev–Trinajstić information content (AvgIpc) is 2.67. The van der Waals surface area contributed by atoms with Crippen molar-refractivity contribution in [1.29, 1.82) is 0 Å². The number of benzene rings is 3. The van der Waals surface area contributed by atoms with Crippen molar-refractivity contribution < 1.29 is 4.79 Å². The minimum Gasteiger partial charge on any atom is -0.307 e. The highest BCUT2D eigenvalue weighted by Crippen LogP contribution is 2.48. The quantitative estimate of drug-likeness (QED) is 0.526. The van der Waals surface area contributed by atoms with Gasteiger partial charge >= 0.3 is 6.03 Å². The van der Waals surface area contributed by atoms with Crippen LogP contribution in [0.2, 0.25) is 0 Å². The number of urea groups is 1. The molecule has 0 radical (unpaired) electrons. The SMILES string of the molecule is Cc1cccc(C(C)C)c1NC(=O)N1c2ccccc2Sc2ccccc21. The van der Waals surface area contributed by atoms with E-state index in [0.29, 0.717) is 5.92 Å². The highest BCUT2D eigenvalue weighted by Gasteiger charge is 2.28. The molecule has 1 N–H and O–H groups in total. The summed E-state index contributed by atoms with van der Waals surface area (Å²) in [6.45, 7) is 6.33. The summed E-state index contributed by atoms with van der Waals surface area (Å²) in [5.74, 6) is 0.330. The number of nitrogens with zero attached hydrogens (tertiary/aromatic N) is 1. The zero-order valence-corrected chi connectivity index (χ0v) is 16.5. The van der Waals surface area contributed by atoms with Gasteiger partial charge in [0, 0.05) is 15.5 Å². The van der Waals surface area contributed by atoms with Crippen LogP contribution in [0.4, 0.5) is 21.9 Å². The van der Waals surface area contributed by atoms with Crippen LogP contribution in [-0.4, -0.2) is 6.03 Å². The Morgan fingerprint density at radius 3 is 2.07 bits per heavy atom. The Kier molecular flexibility index (Phi) is 4.66. The van der Waals surface area contributed by atoms with Gasteiger partial charge in [0.2, 0.25) is 0 Å². The fourth-order valence-corrected chi connectivity index (χ4v) is 4.49. The van der Waals surface area contributed by atoms with Crippen molar-refractivity contribution in [3.05, 3.63) is 77.9 Å². The molecule has 0 aromatic heterocycles. The molecule has 0 saturated carbocycles. The predicted octanol–water partition coefficient (Wildman–Crippen LogP) is 6.95. The topological polar surface area (TPSA) is 32.3 Å². The number of para-hydroxylation sites is 3. The van der Waals surface area contributed by atoms with Crippen LogP contribution in [-0.2, 0) is 0 Å². The number of fused-ring (bicyclic) bond motifs is 2. The van der Waals surface area contributed by atoms with Gasteiger partial charge in [-0.3, -0.25) is 4.90 Å². The van der Waals surface area contributed by atoms with E-state index < -0.39 is 0 Å². The predicted molar refractivity (Wildman–Crippen MR) is 113 cm³/mol. The van der Waals surface area contributed by atoms with Gasteiger partial charge in [0.1, 0.15) is 0 Å². The van der Waals surface area contributed by atoms with Crippen molar-refractivity contribution in [2.24, 2.45) is 0 Å². The number of aryl methyl sites for hydroxylation is 1. The summed E-state index contributed by atoms with van der Waals surface area (Å²) >= 11 is 1.70.